The molecule has 31 heavy (non-hydrogen) atoms. The molecule has 0 bridgehead atoms. The normalized spacial score (nSPS) is 13.2. The summed E-state index contributed by atoms with van der Waals surface area (Å²) in [5, 5.41) is 21.7. The van der Waals surface area contributed by atoms with Crippen molar-refractivity contribution in [3.63, 3.8) is 0 Å². The highest BCUT2D eigenvalue weighted by atomic mass is 127. The molecule has 1 aromatic heterocycles. The molecule has 3 N–H and O–H groups in total. The average Bonchev–Trinajstić information content (AvgIpc) is 3.22. The number of hydrogen-bond acceptors (Lipinski definition) is 3. The van der Waals surface area contributed by atoms with Crippen LogP contribution in [-0.2, 0) is 12.0 Å². The topological polar surface area (TPSA) is 74.5 Å². The van der Waals surface area contributed by atoms with Gasteiger partial charge in [0.15, 0.2) is 5.96 Å². The molecule has 0 aliphatic heterocycles. The van der Waals surface area contributed by atoms with Crippen LogP contribution < -0.4 is 10.6 Å². The van der Waals surface area contributed by atoms with E-state index in [-0.39, 0.29) is 36.3 Å². The van der Waals surface area contributed by atoms with Crippen LogP contribution in [0.1, 0.15) is 25.1 Å². The van der Waals surface area contributed by atoms with E-state index in [1.165, 1.54) is 12.1 Å². The second-order valence-corrected chi connectivity index (χ2v) is 7.24. The van der Waals surface area contributed by atoms with Crippen molar-refractivity contribution in [1.82, 2.24) is 20.4 Å². The van der Waals surface area contributed by atoms with Crippen LogP contribution in [0.3, 0.4) is 0 Å². The third-order valence-corrected chi connectivity index (χ3v) is 4.69. The van der Waals surface area contributed by atoms with Gasteiger partial charge in [-0.15, -0.1) is 24.0 Å². The van der Waals surface area contributed by atoms with Gasteiger partial charge in [0.25, 0.3) is 0 Å². The van der Waals surface area contributed by atoms with Gasteiger partial charge in [-0.1, -0.05) is 30.3 Å². The number of benzene rings is 2. The van der Waals surface area contributed by atoms with E-state index in [0.717, 1.165) is 23.5 Å². The van der Waals surface area contributed by atoms with Gasteiger partial charge in [-0.05, 0) is 49.7 Å². The predicted octanol–water partition coefficient (Wildman–Crippen LogP) is 3.63. The summed E-state index contributed by atoms with van der Waals surface area (Å²) in [7, 11) is 0. The van der Waals surface area contributed by atoms with E-state index >= 15 is 0 Å². The Hall–Kier alpha value is -2.46. The van der Waals surface area contributed by atoms with Crippen LogP contribution in [0, 0.1) is 5.82 Å². The predicted molar refractivity (Wildman–Crippen MR) is 133 cm³/mol. The van der Waals surface area contributed by atoms with Crippen molar-refractivity contribution in [3.05, 3.63) is 83.9 Å². The minimum absolute atomic E-state index is 0. The highest BCUT2D eigenvalue weighted by molar-refractivity contribution is 14.0. The van der Waals surface area contributed by atoms with Gasteiger partial charge in [-0.25, -0.2) is 14.1 Å². The van der Waals surface area contributed by atoms with Gasteiger partial charge in [0.1, 0.15) is 11.4 Å². The molecule has 6 nitrogen and oxygen atoms in total. The van der Waals surface area contributed by atoms with E-state index in [4.69, 9.17) is 0 Å². The average molecular weight is 537 g/mol. The van der Waals surface area contributed by atoms with E-state index in [9.17, 15) is 9.50 Å². The van der Waals surface area contributed by atoms with Crippen LogP contribution in [0.15, 0.2) is 71.9 Å². The zero-order valence-electron chi connectivity index (χ0n) is 17.8. The van der Waals surface area contributed by atoms with E-state index < -0.39 is 5.60 Å². The van der Waals surface area contributed by atoms with Gasteiger partial charge < -0.3 is 15.7 Å². The van der Waals surface area contributed by atoms with E-state index in [1.807, 2.05) is 49.5 Å². The number of halogens is 2. The summed E-state index contributed by atoms with van der Waals surface area (Å²) in [6.07, 6.45) is 2.56. The van der Waals surface area contributed by atoms with Gasteiger partial charge >= 0.3 is 0 Å². The van der Waals surface area contributed by atoms with Crippen molar-refractivity contribution >= 4 is 29.9 Å². The fourth-order valence-corrected chi connectivity index (χ4v) is 3.00. The largest absolute Gasteiger partial charge is 0.384 e. The van der Waals surface area contributed by atoms with Crippen molar-refractivity contribution < 1.29 is 9.50 Å². The minimum Gasteiger partial charge on any atom is -0.384 e. The maximum atomic E-state index is 13.1. The van der Waals surface area contributed by atoms with Crippen LogP contribution in [0.2, 0.25) is 0 Å². The molecule has 3 rings (SSSR count). The van der Waals surface area contributed by atoms with E-state index in [1.54, 1.807) is 23.7 Å². The maximum absolute atomic E-state index is 13.1. The summed E-state index contributed by atoms with van der Waals surface area (Å²) in [5.74, 6) is 0.378. The fourth-order valence-electron chi connectivity index (χ4n) is 3.00. The molecule has 1 unspecified atom stereocenters. The molecule has 8 heteroatoms. The van der Waals surface area contributed by atoms with Gasteiger partial charge in [0.2, 0.25) is 0 Å². The summed E-state index contributed by atoms with van der Waals surface area (Å²) < 4.78 is 14.8. The van der Waals surface area contributed by atoms with Gasteiger partial charge in [0, 0.05) is 25.7 Å². The number of rotatable bonds is 8. The van der Waals surface area contributed by atoms with Gasteiger partial charge in [0.05, 0.1) is 17.9 Å². The molecular formula is C23H29FIN5O. The quantitative estimate of drug-likeness (QED) is 0.233. The number of nitrogens with one attached hydrogen (secondary N) is 2. The first-order valence-electron chi connectivity index (χ1n) is 10.1. The molecule has 0 fully saturated rings. The smallest absolute Gasteiger partial charge is 0.191 e. The van der Waals surface area contributed by atoms with Gasteiger partial charge in [-0.2, -0.15) is 5.10 Å². The highest BCUT2D eigenvalue weighted by Gasteiger charge is 2.22. The van der Waals surface area contributed by atoms with Crippen molar-refractivity contribution in [1.29, 1.82) is 0 Å². The van der Waals surface area contributed by atoms with Crippen molar-refractivity contribution in [2.24, 2.45) is 4.99 Å². The molecular weight excluding hydrogens is 508 g/mol. The van der Waals surface area contributed by atoms with Crippen molar-refractivity contribution in [3.8, 4) is 5.69 Å². The molecule has 0 saturated carbocycles. The first-order valence-corrected chi connectivity index (χ1v) is 10.1. The van der Waals surface area contributed by atoms with E-state index in [0.29, 0.717) is 18.9 Å². The third kappa shape index (κ3) is 7.32. The van der Waals surface area contributed by atoms with E-state index in [2.05, 4.69) is 20.7 Å². The molecule has 166 valence electrons. The summed E-state index contributed by atoms with van der Waals surface area (Å²) >= 11 is 0. The molecule has 0 radical (unpaired) electrons. The molecule has 0 aliphatic rings. The Morgan fingerprint density at radius 1 is 1.10 bits per heavy atom. The number of aliphatic imine (C=N–C) groups is 1. The van der Waals surface area contributed by atoms with Crippen LogP contribution in [-0.4, -0.2) is 40.5 Å². The van der Waals surface area contributed by atoms with Crippen molar-refractivity contribution in [2.75, 3.05) is 19.6 Å². The molecule has 2 aromatic carbocycles. The molecule has 0 aliphatic carbocycles. The Morgan fingerprint density at radius 3 is 2.48 bits per heavy atom. The number of aliphatic hydroxyl groups is 1. The maximum Gasteiger partial charge on any atom is 0.191 e. The lowest BCUT2D eigenvalue weighted by Gasteiger charge is -2.22. The molecule has 1 heterocycles. The Kier molecular flexibility index (Phi) is 9.44. The molecule has 0 saturated heterocycles. The summed E-state index contributed by atoms with van der Waals surface area (Å²) in [5.41, 5.74) is 1.51. The van der Waals surface area contributed by atoms with Crippen LogP contribution >= 0.6 is 24.0 Å². The molecule has 3 aromatic rings. The lowest BCUT2D eigenvalue weighted by molar-refractivity contribution is 0.0672. The lowest BCUT2D eigenvalue weighted by atomic mass is 9.96. The van der Waals surface area contributed by atoms with Crippen molar-refractivity contribution in [2.45, 2.75) is 25.9 Å². The Bertz CT molecular complexity index is 958. The first kappa shape index (κ1) is 24.8. The highest BCUT2D eigenvalue weighted by Crippen LogP contribution is 2.20. The standard InChI is InChI=1S/C23H28FN5O.HI/c1-3-25-22(27-17-23(2,30)18-7-5-4-6-8-18)26-15-13-20-14-16-29(28-20)21-11-9-19(24)10-12-21;/h4-12,14,16,30H,3,13,15,17H2,1-2H3,(H2,25,26,27);1H. The zero-order valence-corrected chi connectivity index (χ0v) is 20.1. The Balaban J connectivity index is 0.00000341. The first-order chi connectivity index (χ1) is 14.5. The minimum atomic E-state index is -1.04. The number of aromatic nitrogens is 2. The number of guanidine groups is 1. The fraction of sp³-hybridized carbons (Fsp3) is 0.304. The van der Waals surface area contributed by atoms with Crippen LogP contribution in [0.4, 0.5) is 4.39 Å². The molecule has 1 atom stereocenters. The van der Waals surface area contributed by atoms with Crippen LogP contribution in [0.5, 0.6) is 0 Å². The number of nitrogens with zero attached hydrogens (tertiary/aromatic N) is 3. The monoisotopic (exact) mass is 537 g/mol. The Labute approximate surface area is 199 Å². The Morgan fingerprint density at radius 2 is 1.81 bits per heavy atom. The SMILES string of the molecule is CCNC(=NCC(C)(O)c1ccccc1)NCCc1ccn(-c2ccc(F)cc2)n1.I. The summed E-state index contributed by atoms with van der Waals surface area (Å²) in [6, 6.07) is 17.7. The lowest BCUT2D eigenvalue weighted by Crippen LogP contribution is -2.39. The molecule has 0 spiro atoms. The second-order valence-electron chi connectivity index (χ2n) is 7.24. The summed E-state index contributed by atoms with van der Waals surface area (Å²) in [4.78, 5) is 4.54. The number of hydrogen-bond donors (Lipinski definition) is 3. The van der Waals surface area contributed by atoms with Crippen LogP contribution in [0.25, 0.3) is 5.69 Å². The zero-order chi connectivity index (χ0) is 21.4. The van der Waals surface area contributed by atoms with Gasteiger partial charge in [-0.3, -0.25) is 0 Å². The summed E-state index contributed by atoms with van der Waals surface area (Å²) in [6.45, 7) is 5.36. The second kappa shape index (κ2) is 11.8. The third-order valence-electron chi connectivity index (χ3n) is 4.69. The molecule has 0 amide bonds.